The van der Waals surface area contributed by atoms with E-state index in [1.807, 2.05) is 18.2 Å². The fourth-order valence-corrected chi connectivity index (χ4v) is 3.52. The summed E-state index contributed by atoms with van der Waals surface area (Å²) in [6.07, 6.45) is 11.9. The molecule has 7 heteroatoms. The van der Waals surface area contributed by atoms with Crippen molar-refractivity contribution in [1.29, 1.82) is 0 Å². The van der Waals surface area contributed by atoms with Crippen LogP contribution in [0.5, 0.6) is 0 Å². The molecule has 0 heterocycles. The zero-order chi connectivity index (χ0) is 18.1. The van der Waals surface area contributed by atoms with Crippen LogP contribution in [0.15, 0.2) is 69.7 Å². The van der Waals surface area contributed by atoms with E-state index in [0.29, 0.717) is 18.7 Å². The van der Waals surface area contributed by atoms with E-state index in [1.165, 1.54) is 6.08 Å². The molecule has 0 radical (unpaired) electrons. The van der Waals surface area contributed by atoms with Gasteiger partial charge in [-0.25, -0.2) is 0 Å². The number of hydrogen-bond donors (Lipinski definition) is 2. The molecule has 0 saturated heterocycles. The van der Waals surface area contributed by atoms with E-state index in [4.69, 9.17) is 5.14 Å². The molecule has 0 aromatic carbocycles. The highest BCUT2D eigenvalue weighted by Gasteiger charge is 2.35. The van der Waals surface area contributed by atoms with E-state index >= 15 is 0 Å². The lowest BCUT2D eigenvalue weighted by molar-refractivity contribution is -0.0938. The maximum Gasteiger partial charge on any atom is 0.414 e. The molecule has 0 atom stereocenters. The number of rotatable bonds is 6. The first-order valence-electron chi connectivity index (χ1n) is 7.93. The predicted molar refractivity (Wildman–Crippen MR) is 103 cm³/mol. The van der Waals surface area contributed by atoms with Gasteiger partial charge in [-0.2, -0.15) is 13.2 Å². The number of nitrogens with two attached hydrogens (primary N) is 1. The lowest BCUT2D eigenvalue weighted by Gasteiger charge is -2.18. The fraction of sp³-hybridized carbons (Fsp3) is 0.333. The molecule has 2 rings (SSSR count). The van der Waals surface area contributed by atoms with Gasteiger partial charge >= 0.3 is 6.18 Å². The Morgan fingerprint density at radius 2 is 1.96 bits per heavy atom. The van der Waals surface area contributed by atoms with Crippen molar-refractivity contribution in [2.45, 2.75) is 25.4 Å². The van der Waals surface area contributed by atoms with Crippen LogP contribution in [0.3, 0.4) is 0 Å². The van der Waals surface area contributed by atoms with Gasteiger partial charge in [-0.3, -0.25) is 5.14 Å². The molecule has 3 N–H and O–H groups in total. The molecule has 0 aromatic rings. The Labute approximate surface area is 155 Å². The van der Waals surface area contributed by atoms with E-state index in [9.17, 15) is 13.2 Å². The van der Waals surface area contributed by atoms with Crippen molar-refractivity contribution in [2.75, 3.05) is 12.3 Å². The minimum Gasteiger partial charge on any atom is -0.384 e. The number of halogens is 3. The van der Waals surface area contributed by atoms with Gasteiger partial charge in [-0.1, -0.05) is 48.4 Å². The van der Waals surface area contributed by atoms with Gasteiger partial charge in [0.05, 0.1) is 5.57 Å². The van der Waals surface area contributed by atoms with E-state index in [0.717, 1.165) is 28.2 Å². The van der Waals surface area contributed by atoms with Crippen LogP contribution in [0.25, 0.3) is 0 Å². The Hall–Kier alpha value is -1.31. The summed E-state index contributed by atoms with van der Waals surface area (Å²) in [4.78, 5) is 1.86. The van der Waals surface area contributed by atoms with E-state index < -0.39 is 11.7 Å². The summed E-state index contributed by atoms with van der Waals surface area (Å²) >= 11 is 2.62. The highest BCUT2D eigenvalue weighted by molar-refractivity contribution is 8.03. The summed E-state index contributed by atoms with van der Waals surface area (Å²) < 4.78 is 40.1. The Balaban J connectivity index is 2.00. The van der Waals surface area contributed by atoms with Gasteiger partial charge in [0.1, 0.15) is 0 Å². The van der Waals surface area contributed by atoms with Crippen molar-refractivity contribution in [2.24, 2.45) is 5.14 Å². The van der Waals surface area contributed by atoms with Gasteiger partial charge in [0.15, 0.2) is 0 Å². The van der Waals surface area contributed by atoms with Crippen LogP contribution in [0, 0.1) is 0 Å². The Kier molecular flexibility index (Phi) is 7.99. The summed E-state index contributed by atoms with van der Waals surface area (Å²) in [6, 6.07) is 0. The van der Waals surface area contributed by atoms with Gasteiger partial charge in [0.25, 0.3) is 0 Å². The second kappa shape index (κ2) is 9.99. The molecule has 136 valence electrons. The van der Waals surface area contributed by atoms with E-state index in [-0.39, 0.29) is 12.1 Å². The van der Waals surface area contributed by atoms with Crippen molar-refractivity contribution in [3.63, 3.8) is 0 Å². The number of alkyl halides is 3. The Morgan fingerprint density at radius 3 is 2.72 bits per heavy atom. The second-order valence-electron chi connectivity index (χ2n) is 5.40. The molecule has 0 bridgehead atoms. The van der Waals surface area contributed by atoms with Crippen molar-refractivity contribution < 1.29 is 13.2 Å². The molecule has 0 saturated carbocycles. The summed E-state index contributed by atoms with van der Waals surface area (Å²) in [7, 11) is 0. The SMILES string of the molecule is NS/C1=C/C/C(C(F)(F)F)=C(NCCSC2=CC=CCC=C2)\C=C/C1. The van der Waals surface area contributed by atoms with Crippen molar-refractivity contribution >= 4 is 23.7 Å². The summed E-state index contributed by atoms with van der Waals surface area (Å²) in [5.41, 5.74) is -0.410. The number of hydrogen-bond acceptors (Lipinski definition) is 4. The third-order valence-corrected chi connectivity index (χ3v) is 5.24. The normalized spacial score (nSPS) is 24.6. The number of allylic oxidation sites excluding steroid dienone is 10. The highest BCUT2D eigenvalue weighted by atomic mass is 32.2. The molecular formula is C18H21F3N2S2. The lowest BCUT2D eigenvalue weighted by atomic mass is 10.1. The Morgan fingerprint density at radius 1 is 1.12 bits per heavy atom. The number of nitrogens with one attached hydrogen (secondary N) is 1. The van der Waals surface area contributed by atoms with Gasteiger partial charge in [-0.15, -0.1) is 11.8 Å². The predicted octanol–water partition coefficient (Wildman–Crippen LogP) is 5.37. The smallest absolute Gasteiger partial charge is 0.384 e. The molecular weight excluding hydrogens is 365 g/mol. The lowest BCUT2D eigenvalue weighted by Crippen LogP contribution is -2.23. The maximum atomic E-state index is 13.4. The monoisotopic (exact) mass is 386 g/mol. The summed E-state index contributed by atoms with van der Waals surface area (Å²) in [5.74, 6) is 0.687. The minimum absolute atomic E-state index is 0.149. The van der Waals surface area contributed by atoms with Crippen LogP contribution >= 0.6 is 23.7 Å². The van der Waals surface area contributed by atoms with Crippen LogP contribution in [0.1, 0.15) is 19.3 Å². The standard InChI is InChI=1S/C18H21F3N2S2/c19-18(20,21)16-11-10-15(25-22)8-5-9-17(16)23-12-13-24-14-6-3-1-2-4-7-14/h1,3-7,9-10,23H,2,8,11-13,22H2/b9-5-,15-10+,17-16-. The molecule has 2 aliphatic carbocycles. The average molecular weight is 387 g/mol. The summed E-state index contributed by atoms with van der Waals surface area (Å²) in [6.45, 7) is 0.459. The fourth-order valence-electron chi connectivity index (χ4n) is 2.34. The first kappa shape index (κ1) is 20.0. The van der Waals surface area contributed by atoms with Gasteiger partial charge < -0.3 is 5.32 Å². The number of thioether (sulfide) groups is 1. The highest BCUT2D eigenvalue weighted by Crippen LogP contribution is 2.33. The quantitative estimate of drug-likeness (QED) is 0.476. The largest absolute Gasteiger partial charge is 0.414 e. The Bertz CT molecular complexity index is 641. The van der Waals surface area contributed by atoms with E-state index in [1.54, 1.807) is 23.9 Å². The molecule has 0 aromatic heterocycles. The van der Waals surface area contributed by atoms with Gasteiger partial charge in [0, 0.05) is 27.8 Å². The van der Waals surface area contributed by atoms with Gasteiger partial charge in [0.2, 0.25) is 0 Å². The molecule has 0 spiro atoms. The average Bonchev–Trinajstić information content (AvgIpc) is 2.80. The zero-order valence-electron chi connectivity index (χ0n) is 13.7. The van der Waals surface area contributed by atoms with Crippen molar-refractivity contribution in [3.8, 4) is 0 Å². The molecule has 0 aliphatic heterocycles. The molecule has 25 heavy (non-hydrogen) atoms. The van der Waals surface area contributed by atoms with Crippen LogP contribution in [0.4, 0.5) is 13.2 Å². The van der Waals surface area contributed by atoms with Crippen molar-refractivity contribution in [3.05, 3.63) is 69.7 Å². The molecule has 2 nitrogen and oxygen atoms in total. The second-order valence-corrected chi connectivity index (χ2v) is 7.33. The van der Waals surface area contributed by atoms with E-state index in [2.05, 4.69) is 17.5 Å². The molecule has 0 amide bonds. The first-order valence-corrected chi connectivity index (χ1v) is 9.80. The topological polar surface area (TPSA) is 38.0 Å². The molecule has 0 fully saturated rings. The summed E-state index contributed by atoms with van der Waals surface area (Å²) in [5, 5.41) is 8.43. The van der Waals surface area contributed by atoms with Crippen molar-refractivity contribution in [1.82, 2.24) is 5.32 Å². The van der Waals surface area contributed by atoms with Gasteiger partial charge in [-0.05, 0) is 31.4 Å². The molecule has 2 aliphatic rings. The van der Waals surface area contributed by atoms with Crippen LogP contribution in [0.2, 0.25) is 0 Å². The third kappa shape index (κ3) is 6.84. The zero-order valence-corrected chi connectivity index (χ0v) is 15.3. The molecule has 0 unspecified atom stereocenters. The van der Waals surface area contributed by atoms with Crippen LogP contribution < -0.4 is 10.5 Å². The maximum absolute atomic E-state index is 13.4. The first-order chi connectivity index (χ1) is 12.0. The third-order valence-electron chi connectivity index (χ3n) is 3.59. The van der Waals surface area contributed by atoms with Crippen LogP contribution in [-0.2, 0) is 0 Å². The van der Waals surface area contributed by atoms with Crippen LogP contribution in [-0.4, -0.2) is 18.5 Å². The minimum atomic E-state index is -4.37.